The summed E-state index contributed by atoms with van der Waals surface area (Å²) in [5.41, 5.74) is 1.03. The standard InChI is InChI=1S/C13H9BrClFN2S/c14-8-4-3-7(12(16)11(8)15)9-5-10(19)18-13(17-9)6-1-2-6/h3-6H,1-2H2,(H,17,18,19). The molecule has 2 aromatic rings. The maximum absolute atomic E-state index is 14.2. The van der Waals surface area contributed by atoms with Crippen LogP contribution in [0.3, 0.4) is 0 Å². The molecule has 1 fully saturated rings. The van der Waals surface area contributed by atoms with E-state index in [4.69, 9.17) is 23.8 Å². The second-order valence-electron chi connectivity index (χ2n) is 4.52. The Bertz CT molecular complexity index is 712. The number of hydrogen-bond acceptors (Lipinski definition) is 2. The molecule has 0 unspecified atom stereocenters. The van der Waals surface area contributed by atoms with Crippen LogP contribution in [0, 0.1) is 10.5 Å². The molecule has 98 valence electrons. The summed E-state index contributed by atoms with van der Waals surface area (Å²) >= 11 is 14.2. The molecule has 19 heavy (non-hydrogen) atoms. The largest absolute Gasteiger partial charge is 0.343 e. The molecular weight excluding hydrogens is 351 g/mol. The fraction of sp³-hybridized carbons (Fsp3) is 0.231. The normalized spacial score (nSPS) is 14.7. The molecule has 3 rings (SSSR count). The number of aromatic amines is 1. The quantitative estimate of drug-likeness (QED) is 0.587. The summed E-state index contributed by atoms with van der Waals surface area (Å²) in [5.74, 6) is 0.797. The monoisotopic (exact) mass is 358 g/mol. The van der Waals surface area contributed by atoms with Crippen molar-refractivity contribution in [3.8, 4) is 11.3 Å². The van der Waals surface area contributed by atoms with Crippen molar-refractivity contribution in [1.29, 1.82) is 0 Å². The molecule has 2 nitrogen and oxygen atoms in total. The molecular formula is C13H9BrClFN2S. The van der Waals surface area contributed by atoms with Crippen LogP contribution >= 0.6 is 39.7 Å². The zero-order chi connectivity index (χ0) is 13.6. The van der Waals surface area contributed by atoms with Gasteiger partial charge >= 0.3 is 0 Å². The van der Waals surface area contributed by atoms with Crippen LogP contribution in [0.1, 0.15) is 24.6 Å². The van der Waals surface area contributed by atoms with Gasteiger partial charge in [-0.3, -0.25) is 0 Å². The molecule has 1 N–H and O–H groups in total. The van der Waals surface area contributed by atoms with E-state index in [1.165, 1.54) is 0 Å². The molecule has 6 heteroatoms. The van der Waals surface area contributed by atoms with Crippen LogP contribution < -0.4 is 0 Å². The minimum Gasteiger partial charge on any atom is -0.343 e. The first kappa shape index (κ1) is 13.2. The van der Waals surface area contributed by atoms with Crippen LogP contribution in [0.5, 0.6) is 0 Å². The molecule has 0 aliphatic heterocycles. The first-order chi connectivity index (χ1) is 9.06. The topological polar surface area (TPSA) is 28.7 Å². The van der Waals surface area contributed by atoms with Crippen molar-refractivity contribution in [3.63, 3.8) is 0 Å². The molecule has 1 aromatic heterocycles. The molecule has 0 spiro atoms. The molecule has 0 saturated heterocycles. The third kappa shape index (κ3) is 2.59. The van der Waals surface area contributed by atoms with Crippen molar-refractivity contribution in [2.24, 2.45) is 0 Å². The van der Waals surface area contributed by atoms with Gasteiger partial charge in [0.25, 0.3) is 0 Å². The summed E-state index contributed by atoms with van der Waals surface area (Å²) in [6.07, 6.45) is 2.20. The molecule has 1 saturated carbocycles. The molecule has 1 aromatic carbocycles. The van der Waals surface area contributed by atoms with Gasteiger partial charge in [-0.2, -0.15) is 0 Å². The second-order valence-corrected chi connectivity index (χ2v) is 6.17. The summed E-state index contributed by atoms with van der Waals surface area (Å²) in [7, 11) is 0. The fourth-order valence-electron chi connectivity index (χ4n) is 1.91. The lowest BCUT2D eigenvalue weighted by Gasteiger charge is -2.08. The van der Waals surface area contributed by atoms with Gasteiger partial charge in [-0.1, -0.05) is 23.8 Å². The summed E-state index contributed by atoms with van der Waals surface area (Å²) in [6.45, 7) is 0. The third-order valence-electron chi connectivity index (χ3n) is 3.05. The maximum Gasteiger partial charge on any atom is 0.152 e. The summed E-state index contributed by atoms with van der Waals surface area (Å²) in [4.78, 5) is 7.44. The number of hydrogen-bond donors (Lipinski definition) is 1. The van der Waals surface area contributed by atoms with Crippen LogP contribution in [0.25, 0.3) is 11.3 Å². The molecule has 0 amide bonds. The zero-order valence-electron chi connectivity index (χ0n) is 9.71. The molecule has 1 heterocycles. The number of halogens is 3. The van der Waals surface area contributed by atoms with E-state index in [0.29, 0.717) is 26.3 Å². The molecule has 1 aliphatic carbocycles. The van der Waals surface area contributed by atoms with Gasteiger partial charge in [-0.05, 0) is 47.0 Å². The van der Waals surface area contributed by atoms with Crippen LogP contribution in [-0.2, 0) is 0 Å². The highest BCUT2D eigenvalue weighted by molar-refractivity contribution is 9.10. The molecule has 0 radical (unpaired) electrons. The first-order valence-corrected chi connectivity index (χ1v) is 7.39. The highest BCUT2D eigenvalue weighted by Crippen LogP contribution is 2.39. The van der Waals surface area contributed by atoms with Crippen LogP contribution in [0.4, 0.5) is 4.39 Å². The first-order valence-electron chi connectivity index (χ1n) is 5.81. The number of rotatable bonds is 2. The Balaban J connectivity index is 2.16. The Hall–Kier alpha value is -0.780. The molecule has 0 atom stereocenters. The number of H-pyrrole nitrogens is 1. The predicted octanol–water partition coefficient (Wildman–Crippen LogP) is 5.24. The Morgan fingerprint density at radius 2 is 2.16 bits per heavy atom. The second kappa shape index (κ2) is 4.96. The summed E-state index contributed by atoms with van der Waals surface area (Å²) in [5, 5.41) is 0.0709. The van der Waals surface area contributed by atoms with E-state index in [1.807, 2.05) is 0 Å². The van der Waals surface area contributed by atoms with E-state index in [2.05, 4.69) is 25.9 Å². The minimum absolute atomic E-state index is 0.0709. The van der Waals surface area contributed by atoms with Gasteiger partial charge in [-0.25, -0.2) is 9.37 Å². The summed E-state index contributed by atoms with van der Waals surface area (Å²) in [6, 6.07) is 5.04. The van der Waals surface area contributed by atoms with E-state index >= 15 is 0 Å². The average Bonchev–Trinajstić information content (AvgIpc) is 3.19. The number of aromatic nitrogens is 2. The average molecular weight is 360 g/mol. The van der Waals surface area contributed by atoms with Crippen LogP contribution in [0.2, 0.25) is 5.02 Å². The number of benzene rings is 1. The third-order valence-corrected chi connectivity index (χ3v) is 4.52. The zero-order valence-corrected chi connectivity index (χ0v) is 12.9. The number of nitrogens with zero attached hydrogens (tertiary/aromatic N) is 1. The van der Waals surface area contributed by atoms with Crippen molar-refractivity contribution in [3.05, 3.63) is 44.0 Å². The lowest BCUT2D eigenvalue weighted by Crippen LogP contribution is -1.97. The van der Waals surface area contributed by atoms with E-state index in [1.54, 1.807) is 18.2 Å². The highest BCUT2D eigenvalue weighted by atomic mass is 79.9. The van der Waals surface area contributed by atoms with E-state index < -0.39 is 5.82 Å². The van der Waals surface area contributed by atoms with Gasteiger partial charge in [0.15, 0.2) is 5.82 Å². The Labute approximate surface area is 128 Å². The van der Waals surface area contributed by atoms with E-state index in [-0.39, 0.29) is 5.02 Å². The highest BCUT2D eigenvalue weighted by Gasteiger charge is 2.26. The Morgan fingerprint density at radius 3 is 2.84 bits per heavy atom. The van der Waals surface area contributed by atoms with Gasteiger partial charge in [-0.15, -0.1) is 0 Å². The van der Waals surface area contributed by atoms with Crippen molar-refractivity contribution in [2.45, 2.75) is 18.8 Å². The van der Waals surface area contributed by atoms with Crippen molar-refractivity contribution in [2.75, 3.05) is 0 Å². The minimum atomic E-state index is -0.463. The number of nitrogens with one attached hydrogen (secondary N) is 1. The van der Waals surface area contributed by atoms with Crippen molar-refractivity contribution < 1.29 is 4.39 Å². The van der Waals surface area contributed by atoms with Gasteiger partial charge in [0, 0.05) is 16.0 Å². The maximum atomic E-state index is 14.2. The van der Waals surface area contributed by atoms with Gasteiger partial charge in [0.05, 0.1) is 10.7 Å². The summed E-state index contributed by atoms with van der Waals surface area (Å²) < 4.78 is 15.2. The van der Waals surface area contributed by atoms with E-state index in [9.17, 15) is 4.39 Å². The Morgan fingerprint density at radius 1 is 1.42 bits per heavy atom. The lowest BCUT2D eigenvalue weighted by molar-refractivity contribution is 0.630. The van der Waals surface area contributed by atoms with Crippen LogP contribution in [0.15, 0.2) is 22.7 Å². The molecule has 1 aliphatic rings. The van der Waals surface area contributed by atoms with Crippen molar-refractivity contribution >= 4 is 39.7 Å². The molecule has 0 bridgehead atoms. The Kier molecular flexibility index (Phi) is 3.45. The van der Waals surface area contributed by atoms with Gasteiger partial charge in [0.2, 0.25) is 0 Å². The van der Waals surface area contributed by atoms with Gasteiger partial charge < -0.3 is 4.98 Å². The van der Waals surface area contributed by atoms with Crippen molar-refractivity contribution in [1.82, 2.24) is 9.97 Å². The predicted molar refractivity (Wildman–Crippen MR) is 79.5 cm³/mol. The van der Waals surface area contributed by atoms with E-state index in [0.717, 1.165) is 18.7 Å². The lowest BCUT2D eigenvalue weighted by atomic mass is 10.1. The van der Waals surface area contributed by atoms with Gasteiger partial charge in [0.1, 0.15) is 10.5 Å². The smallest absolute Gasteiger partial charge is 0.152 e. The van der Waals surface area contributed by atoms with Crippen LogP contribution in [-0.4, -0.2) is 9.97 Å². The fourth-order valence-corrected chi connectivity index (χ4v) is 2.59. The SMILES string of the molecule is Fc1c(-c2cc(=S)nc(C3CC3)[nH]2)ccc(Br)c1Cl.